The van der Waals surface area contributed by atoms with Gasteiger partial charge in [0.25, 0.3) is 0 Å². The number of anilines is 1. The van der Waals surface area contributed by atoms with E-state index >= 15 is 0 Å². The van der Waals surface area contributed by atoms with Crippen molar-refractivity contribution in [3.05, 3.63) is 47.5 Å². The van der Waals surface area contributed by atoms with E-state index in [0.29, 0.717) is 12.1 Å². The summed E-state index contributed by atoms with van der Waals surface area (Å²) in [5.41, 5.74) is 2.47. The van der Waals surface area contributed by atoms with Gasteiger partial charge in [-0.2, -0.15) is 5.10 Å². The van der Waals surface area contributed by atoms with Gasteiger partial charge in [0.15, 0.2) is 0 Å². The Morgan fingerprint density at radius 2 is 2.21 bits per heavy atom. The minimum absolute atomic E-state index is 0.338. The summed E-state index contributed by atoms with van der Waals surface area (Å²) in [6.07, 6.45) is 3.02. The Balaban J connectivity index is 2.25. The molecule has 5 heteroatoms. The molecule has 102 valence electrons. The Hall–Kier alpha value is -1.88. The molecule has 0 radical (unpaired) electrons. The van der Waals surface area contributed by atoms with Crippen molar-refractivity contribution in [1.29, 1.82) is 0 Å². The molecule has 1 aromatic heterocycles. The number of nitrogens with zero attached hydrogens (tertiary/aromatic N) is 3. The fraction of sp³-hybridized carbons (Fsp3) is 0.357. The third-order valence-electron chi connectivity index (χ3n) is 3.03. The predicted octanol–water partition coefficient (Wildman–Crippen LogP) is 2.25. The lowest BCUT2D eigenvalue weighted by Gasteiger charge is -2.23. The maximum absolute atomic E-state index is 13.3. The lowest BCUT2D eigenvalue weighted by atomic mass is 10.1. The fourth-order valence-corrected chi connectivity index (χ4v) is 2.12. The molecule has 0 aliphatic carbocycles. The standard InChI is InChI=1S/C14H18FN3O/c1-10(19)13-6-12(15)4-5-14(13)17(2)8-11-7-16-18(3)9-11/h4-7,9-10,19H,8H2,1-3H3. The molecule has 0 aliphatic heterocycles. The van der Waals surface area contributed by atoms with Gasteiger partial charge in [-0.25, -0.2) is 4.39 Å². The van der Waals surface area contributed by atoms with E-state index in [1.807, 2.05) is 25.2 Å². The first-order chi connectivity index (χ1) is 8.97. The van der Waals surface area contributed by atoms with Gasteiger partial charge in [-0.1, -0.05) is 0 Å². The average Bonchev–Trinajstić information content (AvgIpc) is 2.74. The Morgan fingerprint density at radius 3 is 2.79 bits per heavy atom. The van der Waals surface area contributed by atoms with Gasteiger partial charge in [0, 0.05) is 43.7 Å². The van der Waals surface area contributed by atoms with E-state index in [2.05, 4.69) is 5.10 Å². The van der Waals surface area contributed by atoms with Crippen LogP contribution in [0.2, 0.25) is 0 Å². The molecule has 1 atom stereocenters. The monoisotopic (exact) mass is 263 g/mol. The molecule has 0 fully saturated rings. The molecule has 4 nitrogen and oxygen atoms in total. The molecule has 1 N–H and O–H groups in total. The van der Waals surface area contributed by atoms with Crippen molar-refractivity contribution < 1.29 is 9.50 Å². The first-order valence-corrected chi connectivity index (χ1v) is 6.13. The molecule has 0 spiro atoms. The van der Waals surface area contributed by atoms with E-state index in [9.17, 15) is 9.50 Å². The number of aliphatic hydroxyl groups is 1. The highest BCUT2D eigenvalue weighted by Crippen LogP contribution is 2.27. The number of hydrogen-bond acceptors (Lipinski definition) is 3. The van der Waals surface area contributed by atoms with Crippen molar-refractivity contribution >= 4 is 5.69 Å². The number of rotatable bonds is 4. The Bertz CT molecular complexity index is 566. The van der Waals surface area contributed by atoms with Crippen molar-refractivity contribution in [3.63, 3.8) is 0 Å². The van der Waals surface area contributed by atoms with Crippen LogP contribution in [0.1, 0.15) is 24.2 Å². The highest BCUT2D eigenvalue weighted by molar-refractivity contribution is 5.54. The maximum atomic E-state index is 13.3. The van der Waals surface area contributed by atoms with Gasteiger partial charge in [0.05, 0.1) is 12.3 Å². The Morgan fingerprint density at radius 1 is 1.47 bits per heavy atom. The smallest absolute Gasteiger partial charge is 0.123 e. The molecule has 1 heterocycles. The number of aryl methyl sites for hydroxylation is 1. The summed E-state index contributed by atoms with van der Waals surface area (Å²) < 4.78 is 15.0. The zero-order valence-electron chi connectivity index (χ0n) is 11.3. The van der Waals surface area contributed by atoms with Crippen molar-refractivity contribution in [1.82, 2.24) is 9.78 Å². The summed E-state index contributed by atoms with van der Waals surface area (Å²) in [6.45, 7) is 2.29. The summed E-state index contributed by atoms with van der Waals surface area (Å²) in [6, 6.07) is 4.47. The van der Waals surface area contributed by atoms with Crippen LogP contribution < -0.4 is 4.90 Å². The summed E-state index contributed by atoms with van der Waals surface area (Å²) in [4.78, 5) is 1.97. The third kappa shape index (κ3) is 3.12. The van der Waals surface area contributed by atoms with Crippen LogP contribution in [0.5, 0.6) is 0 Å². The average molecular weight is 263 g/mol. The van der Waals surface area contributed by atoms with Crippen molar-refractivity contribution in [2.45, 2.75) is 19.6 Å². The molecule has 1 unspecified atom stereocenters. The lowest BCUT2D eigenvalue weighted by molar-refractivity contribution is 0.199. The molecular formula is C14H18FN3O. The van der Waals surface area contributed by atoms with Gasteiger partial charge in [-0.05, 0) is 25.1 Å². The molecule has 2 rings (SSSR count). The van der Waals surface area contributed by atoms with Crippen LogP contribution in [0.4, 0.5) is 10.1 Å². The van der Waals surface area contributed by atoms with Crippen LogP contribution in [-0.4, -0.2) is 21.9 Å². The minimum atomic E-state index is -0.706. The Labute approximate surface area is 112 Å². The second-order valence-electron chi connectivity index (χ2n) is 4.76. The van der Waals surface area contributed by atoms with Crippen molar-refractivity contribution in [2.75, 3.05) is 11.9 Å². The van der Waals surface area contributed by atoms with E-state index in [4.69, 9.17) is 0 Å². The normalized spacial score (nSPS) is 12.5. The van der Waals surface area contributed by atoms with Gasteiger partial charge in [0.2, 0.25) is 0 Å². The van der Waals surface area contributed by atoms with Crippen LogP contribution in [0.3, 0.4) is 0 Å². The second kappa shape index (κ2) is 5.40. The summed E-state index contributed by atoms with van der Waals surface area (Å²) in [5, 5.41) is 13.9. The van der Waals surface area contributed by atoms with Crippen LogP contribution in [-0.2, 0) is 13.6 Å². The fourth-order valence-electron chi connectivity index (χ4n) is 2.12. The zero-order chi connectivity index (χ0) is 14.0. The molecule has 2 aromatic rings. The predicted molar refractivity (Wildman–Crippen MR) is 72.3 cm³/mol. The molecule has 19 heavy (non-hydrogen) atoms. The topological polar surface area (TPSA) is 41.3 Å². The molecule has 0 saturated carbocycles. The van der Waals surface area contributed by atoms with Crippen LogP contribution >= 0.6 is 0 Å². The molecular weight excluding hydrogens is 245 g/mol. The summed E-state index contributed by atoms with van der Waals surface area (Å²) in [7, 11) is 3.77. The van der Waals surface area contributed by atoms with E-state index in [1.165, 1.54) is 12.1 Å². The lowest BCUT2D eigenvalue weighted by Crippen LogP contribution is -2.18. The molecule has 1 aromatic carbocycles. The van der Waals surface area contributed by atoms with E-state index < -0.39 is 6.10 Å². The number of aromatic nitrogens is 2. The largest absolute Gasteiger partial charge is 0.389 e. The quantitative estimate of drug-likeness (QED) is 0.920. The van der Waals surface area contributed by atoms with Crippen LogP contribution in [0, 0.1) is 5.82 Å². The van der Waals surface area contributed by atoms with Gasteiger partial charge in [-0.3, -0.25) is 4.68 Å². The molecule has 0 amide bonds. The van der Waals surface area contributed by atoms with Crippen molar-refractivity contribution in [3.8, 4) is 0 Å². The van der Waals surface area contributed by atoms with E-state index in [1.54, 1.807) is 23.9 Å². The highest BCUT2D eigenvalue weighted by Gasteiger charge is 2.13. The minimum Gasteiger partial charge on any atom is -0.389 e. The third-order valence-corrected chi connectivity index (χ3v) is 3.03. The van der Waals surface area contributed by atoms with Crippen LogP contribution in [0.25, 0.3) is 0 Å². The number of hydrogen-bond donors (Lipinski definition) is 1. The number of halogens is 1. The number of benzene rings is 1. The summed E-state index contributed by atoms with van der Waals surface area (Å²) >= 11 is 0. The van der Waals surface area contributed by atoms with Gasteiger partial charge < -0.3 is 10.0 Å². The van der Waals surface area contributed by atoms with Gasteiger partial charge in [0.1, 0.15) is 5.82 Å². The molecule has 0 aliphatic rings. The van der Waals surface area contributed by atoms with E-state index in [-0.39, 0.29) is 5.82 Å². The van der Waals surface area contributed by atoms with E-state index in [0.717, 1.165) is 11.3 Å². The van der Waals surface area contributed by atoms with Crippen molar-refractivity contribution in [2.24, 2.45) is 7.05 Å². The summed E-state index contributed by atoms with van der Waals surface area (Å²) in [5.74, 6) is -0.338. The number of aliphatic hydroxyl groups excluding tert-OH is 1. The van der Waals surface area contributed by atoms with Crippen LogP contribution in [0.15, 0.2) is 30.6 Å². The first kappa shape index (κ1) is 13.5. The van der Waals surface area contributed by atoms with Gasteiger partial charge >= 0.3 is 0 Å². The second-order valence-corrected chi connectivity index (χ2v) is 4.76. The molecule has 0 saturated heterocycles. The Kier molecular flexibility index (Phi) is 3.85. The maximum Gasteiger partial charge on any atom is 0.123 e. The SMILES string of the molecule is CC(O)c1cc(F)ccc1N(C)Cc1cnn(C)c1. The first-order valence-electron chi connectivity index (χ1n) is 6.13. The zero-order valence-corrected chi connectivity index (χ0v) is 11.3. The highest BCUT2D eigenvalue weighted by atomic mass is 19.1. The van der Waals surface area contributed by atoms with Gasteiger partial charge in [-0.15, -0.1) is 0 Å². The molecule has 0 bridgehead atoms.